The largest absolute Gasteiger partial charge is 0.362 e. The minimum absolute atomic E-state index is 0.616. The van der Waals surface area contributed by atoms with E-state index in [1.807, 2.05) is 0 Å². The van der Waals surface area contributed by atoms with Gasteiger partial charge in [-0.05, 0) is 125 Å². The molecule has 0 aromatic heterocycles. The van der Waals surface area contributed by atoms with Crippen molar-refractivity contribution in [3.8, 4) is 0 Å². The second-order valence-corrected chi connectivity index (χ2v) is 58.4. The summed E-state index contributed by atoms with van der Waals surface area (Å²) in [6.07, 6.45) is 22.5. The van der Waals surface area contributed by atoms with Gasteiger partial charge >= 0.3 is 0 Å². The van der Waals surface area contributed by atoms with Crippen molar-refractivity contribution in [2.24, 2.45) is 35.5 Å². The average molecular weight is 756 g/mol. The van der Waals surface area contributed by atoms with Gasteiger partial charge in [0, 0.05) is 41.2 Å². The summed E-state index contributed by atoms with van der Waals surface area (Å²) < 4.78 is 8.71. The van der Waals surface area contributed by atoms with E-state index in [-0.39, 0.29) is 0 Å². The highest BCUT2D eigenvalue weighted by Gasteiger charge is 2.69. The summed E-state index contributed by atoms with van der Waals surface area (Å²) in [4.78, 5) is 0. The topological polar surface area (TPSA) is 6.48 Å². The molecule has 0 radical (unpaired) electrons. The summed E-state index contributed by atoms with van der Waals surface area (Å²) in [5, 5.41) is 0. The quantitative estimate of drug-likeness (QED) is 0.239. The van der Waals surface area contributed by atoms with Crippen LogP contribution in [0.1, 0.15) is 89.9 Å². The Morgan fingerprint density at radius 2 is 0.894 bits per heavy atom. The Kier molecular flexibility index (Phi) is 8.21. The lowest BCUT2D eigenvalue weighted by Crippen LogP contribution is -2.72. The van der Waals surface area contributed by atoms with E-state index >= 15 is 0 Å². The van der Waals surface area contributed by atoms with Crippen LogP contribution in [0.2, 0.25) is 87.1 Å². The van der Waals surface area contributed by atoms with Crippen molar-refractivity contribution in [2.45, 2.75) is 188 Å². The maximum absolute atomic E-state index is 3.60. The van der Waals surface area contributed by atoms with Crippen molar-refractivity contribution in [3.05, 3.63) is 0 Å². The molecule has 10 rings (SSSR count). The van der Waals surface area contributed by atoms with Gasteiger partial charge in [-0.2, -0.15) is 8.13 Å². The van der Waals surface area contributed by atoms with Crippen molar-refractivity contribution >= 4 is 57.0 Å². The van der Waals surface area contributed by atoms with Gasteiger partial charge in [-0.25, -0.2) is 0 Å². The fourth-order valence-corrected chi connectivity index (χ4v) is 90.1. The first-order valence-electron chi connectivity index (χ1n) is 20.7. The maximum atomic E-state index is 3.60. The normalized spacial score (nSPS) is 43.6. The van der Waals surface area contributed by atoms with Crippen molar-refractivity contribution in [1.82, 2.24) is 9.13 Å². The Labute approximate surface area is 301 Å². The van der Waals surface area contributed by atoms with E-state index in [4.69, 9.17) is 0 Å². The zero-order chi connectivity index (χ0) is 33.8. The average Bonchev–Trinajstić information content (AvgIpc) is 3.48. The Hall–Kier alpha value is 1.28. The summed E-state index contributed by atoms with van der Waals surface area (Å²) in [5.74, 6) is 6.46. The second-order valence-electron chi connectivity index (χ2n) is 23.7. The minimum atomic E-state index is -1.44. The maximum Gasteiger partial charge on any atom is 0.0638 e. The molecule has 10 aliphatic rings. The monoisotopic (exact) mass is 754 g/mol. The van der Waals surface area contributed by atoms with E-state index in [2.05, 4.69) is 87.7 Å². The Bertz CT molecular complexity index is 1200. The van der Waals surface area contributed by atoms with Gasteiger partial charge in [0.25, 0.3) is 0 Å². The van der Waals surface area contributed by atoms with Crippen molar-refractivity contribution < 1.29 is 0 Å². The molecule has 0 N–H and O–H groups in total. The highest BCUT2D eigenvalue weighted by Crippen LogP contribution is 2.65. The van der Waals surface area contributed by atoms with Gasteiger partial charge in [-0.1, -0.05) is 78.6 Å². The highest BCUT2D eigenvalue weighted by atomic mass is 29.4. The van der Waals surface area contributed by atoms with E-state index in [1.54, 1.807) is 89.9 Å². The number of rotatable bonds is 7. The lowest BCUT2D eigenvalue weighted by atomic mass is 9.53. The molecular formula is C38H74N2Si7. The molecule has 8 bridgehead atoms. The number of nitrogens with zero attached hydrogens (tertiary/aromatic N) is 2. The summed E-state index contributed by atoms with van der Waals surface area (Å²) >= 11 is 0. The molecule has 0 spiro atoms. The molecule has 2 nitrogen and oxygen atoms in total. The molecule has 264 valence electrons. The van der Waals surface area contributed by atoms with Gasteiger partial charge in [0.05, 0.1) is 40.3 Å². The van der Waals surface area contributed by atoms with E-state index < -0.39 is 48.8 Å². The zero-order valence-electron chi connectivity index (χ0n) is 33.2. The van der Waals surface area contributed by atoms with Crippen molar-refractivity contribution in [2.75, 3.05) is 13.1 Å². The van der Waals surface area contributed by atoms with Crippen LogP contribution in [0, 0.1) is 35.5 Å². The van der Waals surface area contributed by atoms with Crippen LogP contribution in [0.3, 0.4) is 0 Å². The molecule has 2 saturated heterocycles. The van der Waals surface area contributed by atoms with E-state index in [9.17, 15) is 0 Å². The standard InChI is InChI=1S/C38H74N2Si7/c1-44(2,3)37(45(4,5)6)13-15-39(35-23-29-17-30(24-35)19-31(18-29)25-35)42(37)41-43-38(46(7,8)9,47(10,11)12)14-16-40(43)36-26-32-20-33(27-36)22-34(21-32)28-36/h29-34H,13-28H2,1-12H3. The summed E-state index contributed by atoms with van der Waals surface area (Å²) in [7, 11) is -5.73. The van der Waals surface area contributed by atoms with Crippen LogP contribution >= 0.6 is 0 Å². The summed E-state index contributed by atoms with van der Waals surface area (Å²) in [6, 6.07) is 0. The zero-order valence-corrected chi connectivity index (χ0v) is 40.2. The highest BCUT2D eigenvalue weighted by molar-refractivity contribution is 7.35. The molecule has 8 aliphatic carbocycles. The van der Waals surface area contributed by atoms with Crippen LogP contribution in [0.15, 0.2) is 0 Å². The van der Waals surface area contributed by atoms with Crippen molar-refractivity contribution in [3.63, 3.8) is 0 Å². The van der Waals surface area contributed by atoms with Crippen LogP contribution < -0.4 is 0 Å². The number of hydrogen-bond acceptors (Lipinski definition) is 2. The van der Waals surface area contributed by atoms with Gasteiger partial charge < -0.3 is 4.57 Å². The van der Waals surface area contributed by atoms with E-state index in [0.29, 0.717) is 11.1 Å². The predicted octanol–water partition coefficient (Wildman–Crippen LogP) is 10.0. The molecular weight excluding hydrogens is 681 g/mol. The van der Waals surface area contributed by atoms with Gasteiger partial charge in [0.15, 0.2) is 0 Å². The van der Waals surface area contributed by atoms with Gasteiger partial charge in [0.1, 0.15) is 0 Å². The SMILES string of the molecule is C[Si](C)(C)C1([Si](C)(C)C)CCN(C23CC4CC(CC(C4)C2)C3)[Si]1=[Si-][Si+]1N(C23CC4CC(CC(C4)C2)C3)CCC1([Si](C)(C)C)[Si](C)(C)C. The molecule has 10 fully saturated rings. The first kappa shape index (κ1) is 35.3. The third-order valence-corrected chi connectivity index (χ3v) is 67.3. The Morgan fingerprint density at radius 3 is 1.26 bits per heavy atom. The molecule has 0 atom stereocenters. The fourth-order valence-electron chi connectivity index (χ4n) is 16.9. The first-order valence-corrected chi connectivity index (χ1v) is 40.6. The van der Waals surface area contributed by atoms with Crippen molar-refractivity contribution in [1.29, 1.82) is 0 Å². The molecule has 2 aliphatic heterocycles. The summed E-state index contributed by atoms with van der Waals surface area (Å²) in [6.45, 7) is 37.8. The molecule has 2 heterocycles. The number of hydrogen-bond donors (Lipinski definition) is 0. The molecule has 0 aromatic carbocycles. The molecule has 47 heavy (non-hydrogen) atoms. The Balaban J connectivity index is 1.35. The molecule has 9 heteroatoms. The van der Waals surface area contributed by atoms with Gasteiger partial charge in [-0.15, -0.1) is 0 Å². The Morgan fingerprint density at radius 1 is 0.511 bits per heavy atom. The van der Waals surface area contributed by atoms with Crippen LogP contribution in [-0.4, -0.2) is 90.3 Å². The van der Waals surface area contributed by atoms with Crippen LogP contribution in [0.4, 0.5) is 0 Å². The molecule has 8 saturated carbocycles. The van der Waals surface area contributed by atoms with Gasteiger partial charge in [-0.3, -0.25) is 4.57 Å². The molecule has 0 amide bonds. The third kappa shape index (κ3) is 5.00. The molecule has 0 aromatic rings. The smallest absolute Gasteiger partial charge is 0.0638 e. The lowest BCUT2D eigenvalue weighted by molar-refractivity contribution is -0.0559. The summed E-state index contributed by atoms with van der Waals surface area (Å²) in [5.41, 5.74) is 1.23. The molecule has 0 unspecified atom stereocenters. The van der Waals surface area contributed by atoms with Crippen LogP contribution in [0.5, 0.6) is 0 Å². The minimum Gasteiger partial charge on any atom is -0.362 e. The van der Waals surface area contributed by atoms with Crippen LogP contribution in [-0.2, 0) is 0 Å². The van der Waals surface area contributed by atoms with Crippen LogP contribution in [0.25, 0.3) is 0 Å². The lowest BCUT2D eigenvalue weighted by Gasteiger charge is -2.63. The third-order valence-electron chi connectivity index (χ3n) is 17.3. The van der Waals surface area contributed by atoms with E-state index in [0.717, 1.165) is 44.1 Å². The fraction of sp³-hybridized carbons (Fsp3) is 1.00. The van der Waals surface area contributed by atoms with E-state index in [1.165, 1.54) is 21.2 Å². The first-order chi connectivity index (χ1) is 21.6. The van der Waals surface area contributed by atoms with Gasteiger partial charge in [0.2, 0.25) is 0 Å². The second kappa shape index (κ2) is 10.9. The predicted molar refractivity (Wildman–Crippen MR) is 220 cm³/mol.